The number of esters is 2. The number of benzene rings is 2. The third-order valence-corrected chi connectivity index (χ3v) is 12.2. The summed E-state index contributed by atoms with van der Waals surface area (Å²) in [5.74, 6) is -0.611. The minimum absolute atomic E-state index is 0.0549. The molecule has 0 unspecified atom stereocenters. The van der Waals surface area contributed by atoms with Crippen molar-refractivity contribution in [2.24, 2.45) is 28.6 Å². The largest absolute Gasteiger partial charge is 0.454 e. The van der Waals surface area contributed by atoms with Crippen molar-refractivity contribution in [3.05, 3.63) is 90.6 Å². The van der Waals surface area contributed by atoms with Gasteiger partial charge in [-0.3, -0.25) is 9.59 Å². The van der Waals surface area contributed by atoms with Crippen molar-refractivity contribution in [3.8, 4) is 0 Å². The molecule has 6 rings (SSSR count). The van der Waals surface area contributed by atoms with E-state index in [-0.39, 0.29) is 22.9 Å². The zero-order chi connectivity index (χ0) is 30.6. The fourth-order valence-electron chi connectivity index (χ4n) is 8.66. The summed E-state index contributed by atoms with van der Waals surface area (Å²) in [7, 11) is 0. The molecule has 0 heterocycles. The van der Waals surface area contributed by atoms with E-state index in [1.165, 1.54) is 5.57 Å². The van der Waals surface area contributed by atoms with Crippen molar-refractivity contribution in [2.75, 3.05) is 6.61 Å². The van der Waals surface area contributed by atoms with Crippen molar-refractivity contribution < 1.29 is 28.7 Å². The van der Waals surface area contributed by atoms with E-state index < -0.39 is 29.6 Å². The first-order valence-electron chi connectivity index (χ1n) is 14.9. The maximum absolute atomic E-state index is 14.3. The SMILES string of the molecule is C[C@]12C=CC(=O)C=C1CC[C@@H]1[C@@H]2CC[C@@]2(C)[C@H]1CC[C@]2(OC(=O)c1cccc(I)c1)C(=O)COC(=O)c1cccc(I)c1. The molecule has 0 N–H and O–H groups in total. The van der Waals surface area contributed by atoms with Gasteiger partial charge >= 0.3 is 11.9 Å². The van der Waals surface area contributed by atoms with E-state index in [4.69, 9.17) is 9.47 Å². The van der Waals surface area contributed by atoms with Crippen LogP contribution in [0.4, 0.5) is 0 Å². The molecule has 3 saturated carbocycles. The number of halogens is 2. The van der Waals surface area contributed by atoms with Crippen LogP contribution in [0.5, 0.6) is 0 Å². The predicted octanol–water partition coefficient (Wildman–Crippen LogP) is 7.53. The first-order chi connectivity index (χ1) is 20.5. The lowest BCUT2D eigenvalue weighted by molar-refractivity contribution is -0.165. The lowest BCUT2D eigenvalue weighted by atomic mass is 9.47. The summed E-state index contributed by atoms with van der Waals surface area (Å²) in [4.78, 5) is 53.1. The van der Waals surface area contributed by atoms with Crippen molar-refractivity contribution in [2.45, 2.75) is 58.0 Å². The zero-order valence-corrected chi connectivity index (χ0v) is 28.6. The first kappa shape index (κ1) is 30.7. The minimum Gasteiger partial charge on any atom is -0.454 e. The van der Waals surface area contributed by atoms with E-state index in [1.807, 2.05) is 18.2 Å². The van der Waals surface area contributed by atoms with Crippen LogP contribution in [0, 0.1) is 35.7 Å². The van der Waals surface area contributed by atoms with Gasteiger partial charge in [0.1, 0.15) is 0 Å². The number of carbonyl (C=O) groups is 4. The van der Waals surface area contributed by atoms with Crippen LogP contribution >= 0.6 is 45.2 Å². The zero-order valence-electron chi connectivity index (χ0n) is 24.2. The van der Waals surface area contributed by atoms with Crippen LogP contribution in [-0.2, 0) is 19.1 Å². The summed E-state index contributed by atoms with van der Waals surface area (Å²) in [5.41, 5.74) is -0.247. The molecule has 8 heteroatoms. The van der Waals surface area contributed by atoms with Gasteiger partial charge in [-0.2, -0.15) is 0 Å². The molecule has 0 bridgehead atoms. The van der Waals surface area contributed by atoms with Gasteiger partial charge in [0.15, 0.2) is 18.0 Å². The summed E-state index contributed by atoms with van der Waals surface area (Å²) in [6, 6.07) is 14.2. The number of hydrogen-bond acceptors (Lipinski definition) is 6. The van der Waals surface area contributed by atoms with E-state index >= 15 is 0 Å². The standard InChI is InChI=1S/C35H34I2O6/c1-33-14-11-26(38)19-23(33)9-10-27-28(33)12-15-34(2)29(27)13-16-35(34,43-32(41)22-6-4-8-25(37)18-22)30(39)20-42-31(40)21-5-3-7-24(36)17-21/h3-8,11,14,17-19,27-29H,9-10,12-13,15-16,20H2,1-2H3/t27-,28+,29+,33+,34+,35+/m1/s1. The molecule has 3 fully saturated rings. The number of carbonyl (C=O) groups excluding carboxylic acids is 4. The number of ether oxygens (including phenoxy) is 2. The quantitative estimate of drug-likeness (QED) is 0.222. The Balaban J connectivity index is 1.32. The van der Waals surface area contributed by atoms with E-state index in [0.29, 0.717) is 35.8 Å². The van der Waals surface area contributed by atoms with E-state index in [9.17, 15) is 19.2 Å². The molecule has 4 aliphatic rings. The van der Waals surface area contributed by atoms with Crippen LogP contribution in [0.1, 0.15) is 73.1 Å². The van der Waals surface area contributed by atoms with Crippen LogP contribution in [0.25, 0.3) is 0 Å². The molecule has 0 radical (unpaired) electrons. The lowest BCUT2D eigenvalue weighted by Gasteiger charge is -2.58. The summed E-state index contributed by atoms with van der Waals surface area (Å²) >= 11 is 4.28. The smallest absolute Gasteiger partial charge is 0.339 e. The summed E-state index contributed by atoms with van der Waals surface area (Å²) < 4.78 is 13.8. The highest BCUT2D eigenvalue weighted by molar-refractivity contribution is 14.1. The summed E-state index contributed by atoms with van der Waals surface area (Å²) in [6.07, 6.45) is 10.1. The predicted molar refractivity (Wildman–Crippen MR) is 178 cm³/mol. The second-order valence-electron chi connectivity index (χ2n) is 12.8. The number of hydrogen-bond donors (Lipinski definition) is 0. The van der Waals surface area contributed by atoms with Gasteiger partial charge < -0.3 is 9.47 Å². The molecule has 0 amide bonds. The van der Waals surface area contributed by atoms with Gasteiger partial charge in [-0.15, -0.1) is 0 Å². The Labute approximate surface area is 279 Å². The molecule has 0 aliphatic heterocycles. The molecule has 0 aromatic heterocycles. The summed E-state index contributed by atoms with van der Waals surface area (Å²) in [6.45, 7) is 3.89. The normalized spacial score (nSPS) is 32.6. The van der Waals surface area contributed by atoms with Crippen molar-refractivity contribution in [1.29, 1.82) is 0 Å². The van der Waals surface area contributed by atoms with Gasteiger partial charge in [0, 0.05) is 18.0 Å². The average Bonchev–Trinajstić information content (AvgIpc) is 3.28. The third-order valence-electron chi connectivity index (χ3n) is 10.8. The van der Waals surface area contributed by atoms with Crippen LogP contribution < -0.4 is 0 Å². The highest BCUT2D eigenvalue weighted by atomic mass is 127. The minimum atomic E-state index is -1.41. The number of ketones is 2. The Morgan fingerprint density at radius 2 is 1.53 bits per heavy atom. The molecule has 0 spiro atoms. The topological polar surface area (TPSA) is 86.7 Å². The monoisotopic (exact) mass is 804 g/mol. The molecule has 2 aromatic rings. The van der Waals surface area contributed by atoms with Gasteiger partial charge in [0.25, 0.3) is 0 Å². The fraction of sp³-hybridized carbons (Fsp3) is 0.429. The van der Waals surface area contributed by atoms with Crippen LogP contribution in [0.3, 0.4) is 0 Å². The van der Waals surface area contributed by atoms with Crippen molar-refractivity contribution in [1.82, 2.24) is 0 Å². The second kappa shape index (κ2) is 11.5. The Kier molecular flexibility index (Phi) is 8.23. The third kappa shape index (κ3) is 5.23. The Morgan fingerprint density at radius 3 is 2.21 bits per heavy atom. The van der Waals surface area contributed by atoms with Crippen LogP contribution in [0.15, 0.2) is 72.3 Å². The van der Waals surface area contributed by atoms with Gasteiger partial charge in [-0.25, -0.2) is 9.59 Å². The number of fused-ring (bicyclic) bond motifs is 5. The van der Waals surface area contributed by atoms with Crippen molar-refractivity contribution >= 4 is 68.7 Å². The molecule has 0 saturated heterocycles. The molecular weight excluding hydrogens is 770 g/mol. The average molecular weight is 804 g/mol. The fourth-order valence-corrected chi connectivity index (χ4v) is 9.74. The van der Waals surface area contributed by atoms with Gasteiger partial charge in [-0.1, -0.05) is 37.6 Å². The van der Waals surface area contributed by atoms with E-state index in [1.54, 1.807) is 42.5 Å². The Bertz CT molecular complexity index is 1580. The lowest BCUT2D eigenvalue weighted by Crippen LogP contribution is -2.59. The van der Waals surface area contributed by atoms with Gasteiger partial charge in [0.05, 0.1) is 11.1 Å². The summed E-state index contributed by atoms with van der Waals surface area (Å²) in [5, 5.41) is 0. The van der Waals surface area contributed by atoms with Crippen molar-refractivity contribution in [3.63, 3.8) is 0 Å². The van der Waals surface area contributed by atoms with Crippen LogP contribution in [-0.4, -0.2) is 35.7 Å². The van der Waals surface area contributed by atoms with E-state index in [0.717, 1.165) is 32.8 Å². The molecular formula is C35H34I2O6. The molecule has 4 aliphatic carbocycles. The van der Waals surface area contributed by atoms with Gasteiger partial charge in [-0.05, 0) is 150 Å². The molecule has 6 atom stereocenters. The second-order valence-corrected chi connectivity index (χ2v) is 15.3. The van der Waals surface area contributed by atoms with E-state index in [2.05, 4.69) is 65.1 Å². The maximum atomic E-state index is 14.3. The maximum Gasteiger partial charge on any atom is 0.339 e. The highest BCUT2D eigenvalue weighted by Crippen LogP contribution is 2.68. The molecule has 6 nitrogen and oxygen atoms in total. The first-order valence-corrected chi connectivity index (χ1v) is 17.0. The number of rotatable bonds is 6. The molecule has 43 heavy (non-hydrogen) atoms. The highest BCUT2D eigenvalue weighted by Gasteiger charge is 2.68. The van der Waals surface area contributed by atoms with Gasteiger partial charge in [0.2, 0.25) is 5.78 Å². The molecule has 224 valence electrons. The molecule has 2 aromatic carbocycles. The van der Waals surface area contributed by atoms with Crippen LogP contribution in [0.2, 0.25) is 0 Å². The number of allylic oxidation sites excluding steroid dienone is 4. The Hall–Kier alpha value is -2.34. The number of Topliss-reactive ketones (excluding diaryl/α,β-unsaturated/α-hetero) is 1. The Morgan fingerprint density at radius 1 is 0.884 bits per heavy atom.